The summed E-state index contributed by atoms with van der Waals surface area (Å²) < 4.78 is 32.4. The third-order valence-corrected chi connectivity index (χ3v) is 8.13. The van der Waals surface area contributed by atoms with E-state index < -0.39 is 10.0 Å². The maximum absolute atomic E-state index is 12.9. The number of rotatable bonds is 7. The van der Waals surface area contributed by atoms with E-state index in [9.17, 15) is 13.2 Å². The Morgan fingerprint density at radius 2 is 1.74 bits per heavy atom. The van der Waals surface area contributed by atoms with E-state index in [-0.39, 0.29) is 22.8 Å². The molecule has 0 bridgehead atoms. The highest BCUT2D eigenvalue weighted by Gasteiger charge is 2.35. The Morgan fingerprint density at radius 1 is 1.10 bits per heavy atom. The molecule has 6 nitrogen and oxygen atoms in total. The Bertz CT molecular complexity index is 1030. The number of hydrogen-bond donors (Lipinski definition) is 1. The van der Waals surface area contributed by atoms with Crippen LogP contribution in [0.5, 0.6) is 0 Å². The van der Waals surface area contributed by atoms with Gasteiger partial charge in [0.05, 0.1) is 11.4 Å². The molecule has 1 aliphatic heterocycles. The summed E-state index contributed by atoms with van der Waals surface area (Å²) in [4.78, 5) is 12.8. The highest BCUT2D eigenvalue weighted by molar-refractivity contribution is 7.89. The number of benzene rings is 2. The first-order chi connectivity index (χ1) is 14.6. The second-order valence-corrected chi connectivity index (χ2v) is 10.7. The molecule has 0 spiro atoms. The Kier molecular flexibility index (Phi) is 7.42. The van der Waals surface area contributed by atoms with Crippen molar-refractivity contribution in [2.24, 2.45) is 0 Å². The lowest BCUT2D eigenvalue weighted by Crippen LogP contribution is -2.47. The van der Waals surface area contributed by atoms with E-state index in [2.05, 4.69) is 5.32 Å². The van der Waals surface area contributed by atoms with Crippen LogP contribution in [0.15, 0.2) is 47.4 Å². The summed E-state index contributed by atoms with van der Waals surface area (Å²) in [5, 5.41) is 3.61. The second kappa shape index (κ2) is 9.69. The van der Waals surface area contributed by atoms with E-state index in [4.69, 9.17) is 16.3 Å². The van der Waals surface area contributed by atoms with Crippen molar-refractivity contribution in [1.29, 1.82) is 0 Å². The van der Waals surface area contributed by atoms with Crippen LogP contribution in [-0.4, -0.2) is 52.0 Å². The molecule has 0 aromatic heterocycles. The molecule has 0 atom stereocenters. The number of carbonyl (C=O) groups is 1. The lowest BCUT2D eigenvalue weighted by atomic mass is 9.74. The zero-order valence-corrected chi connectivity index (χ0v) is 19.7. The van der Waals surface area contributed by atoms with E-state index in [0.29, 0.717) is 24.8 Å². The molecule has 1 heterocycles. The molecule has 3 rings (SSSR count). The van der Waals surface area contributed by atoms with Gasteiger partial charge in [0, 0.05) is 37.2 Å². The first-order valence-corrected chi connectivity index (χ1v) is 12.1. The molecule has 2 aromatic carbocycles. The highest BCUT2D eigenvalue weighted by atomic mass is 35.5. The van der Waals surface area contributed by atoms with Crippen molar-refractivity contribution in [2.75, 3.05) is 33.4 Å². The van der Waals surface area contributed by atoms with Gasteiger partial charge in [-0.2, -0.15) is 4.31 Å². The van der Waals surface area contributed by atoms with Crippen molar-refractivity contribution in [3.8, 4) is 0 Å². The predicted octanol–water partition coefficient (Wildman–Crippen LogP) is 3.44. The molecule has 1 aliphatic rings. The number of hydrogen-bond acceptors (Lipinski definition) is 4. The average molecular weight is 465 g/mol. The predicted molar refractivity (Wildman–Crippen MR) is 122 cm³/mol. The average Bonchev–Trinajstić information content (AvgIpc) is 2.75. The minimum Gasteiger partial charge on any atom is -0.381 e. The minimum absolute atomic E-state index is 0.188. The lowest BCUT2D eigenvalue weighted by molar-refractivity contribution is -0.121. The fraction of sp³-hybridized carbons (Fsp3) is 0.435. The molecule has 0 radical (unpaired) electrons. The quantitative estimate of drug-likeness (QED) is 0.681. The normalized spacial score (nSPS) is 16.3. The second-order valence-electron chi connectivity index (χ2n) is 8.18. The minimum atomic E-state index is -3.75. The SMILES string of the molecule is Cc1ccc(S(=O)(=O)N(C)CC(=O)NCC2(c3ccc(Cl)cc3)CCOCC2)cc1C. The smallest absolute Gasteiger partial charge is 0.243 e. The molecule has 168 valence electrons. The number of nitrogens with zero attached hydrogens (tertiary/aromatic N) is 1. The third kappa shape index (κ3) is 5.47. The van der Waals surface area contributed by atoms with Gasteiger partial charge in [0.15, 0.2) is 0 Å². The summed E-state index contributed by atoms with van der Waals surface area (Å²) >= 11 is 6.04. The first kappa shape index (κ1) is 23.7. The van der Waals surface area contributed by atoms with Gasteiger partial charge in [-0.05, 0) is 67.6 Å². The van der Waals surface area contributed by atoms with E-state index in [1.807, 2.05) is 38.1 Å². The van der Waals surface area contributed by atoms with Gasteiger partial charge in [-0.1, -0.05) is 29.8 Å². The van der Waals surface area contributed by atoms with Crippen LogP contribution in [-0.2, 0) is 25.0 Å². The van der Waals surface area contributed by atoms with E-state index >= 15 is 0 Å². The maximum Gasteiger partial charge on any atom is 0.243 e. The number of ether oxygens (including phenoxy) is 1. The van der Waals surface area contributed by atoms with Crippen LogP contribution in [0.1, 0.15) is 29.5 Å². The molecule has 1 N–H and O–H groups in total. The van der Waals surface area contributed by atoms with Gasteiger partial charge >= 0.3 is 0 Å². The zero-order chi connectivity index (χ0) is 22.6. The van der Waals surface area contributed by atoms with Crippen LogP contribution < -0.4 is 5.32 Å². The van der Waals surface area contributed by atoms with Crippen LogP contribution in [0, 0.1) is 13.8 Å². The summed E-state index contributed by atoms with van der Waals surface area (Å²) in [6.45, 7) is 5.18. The molecule has 1 saturated heterocycles. The van der Waals surface area contributed by atoms with E-state index in [1.165, 1.54) is 7.05 Å². The topological polar surface area (TPSA) is 75.7 Å². The van der Waals surface area contributed by atoms with Crippen molar-refractivity contribution in [3.05, 3.63) is 64.2 Å². The van der Waals surface area contributed by atoms with Gasteiger partial charge in [-0.15, -0.1) is 0 Å². The first-order valence-electron chi connectivity index (χ1n) is 10.3. The van der Waals surface area contributed by atoms with Crippen LogP contribution in [0.4, 0.5) is 0 Å². The fourth-order valence-corrected chi connectivity index (χ4v) is 5.14. The van der Waals surface area contributed by atoms with Crippen molar-refractivity contribution in [1.82, 2.24) is 9.62 Å². The van der Waals surface area contributed by atoms with Crippen LogP contribution >= 0.6 is 11.6 Å². The molecular formula is C23H29ClN2O4S. The standard InChI is InChI=1S/C23H29ClN2O4S/c1-17-4-9-21(14-18(17)2)31(28,29)26(3)15-22(27)25-16-23(10-12-30-13-11-23)19-5-7-20(24)8-6-19/h4-9,14H,10-13,15-16H2,1-3H3,(H,25,27). The number of amides is 1. The molecule has 0 saturated carbocycles. The van der Waals surface area contributed by atoms with Crippen LogP contribution in [0.3, 0.4) is 0 Å². The van der Waals surface area contributed by atoms with Crippen molar-refractivity contribution in [2.45, 2.75) is 37.0 Å². The molecular weight excluding hydrogens is 436 g/mol. The number of halogens is 1. The molecule has 0 aliphatic carbocycles. The Hall–Kier alpha value is -1.93. The number of carbonyl (C=O) groups excluding carboxylic acids is 1. The Morgan fingerprint density at radius 3 is 2.35 bits per heavy atom. The molecule has 1 amide bonds. The number of likely N-dealkylation sites (N-methyl/N-ethyl adjacent to an activating group) is 1. The van der Waals surface area contributed by atoms with Gasteiger partial charge < -0.3 is 10.1 Å². The largest absolute Gasteiger partial charge is 0.381 e. The van der Waals surface area contributed by atoms with Gasteiger partial charge in [-0.25, -0.2) is 8.42 Å². The number of nitrogens with one attached hydrogen (secondary N) is 1. The molecule has 8 heteroatoms. The summed E-state index contributed by atoms with van der Waals surface area (Å²) in [5.41, 5.74) is 2.74. The monoisotopic (exact) mass is 464 g/mol. The van der Waals surface area contributed by atoms with Gasteiger partial charge in [0.2, 0.25) is 15.9 Å². The third-order valence-electron chi connectivity index (χ3n) is 6.08. The van der Waals surface area contributed by atoms with E-state index in [1.54, 1.807) is 18.2 Å². The van der Waals surface area contributed by atoms with Gasteiger partial charge in [0.25, 0.3) is 0 Å². The summed E-state index contributed by atoms with van der Waals surface area (Å²) in [6, 6.07) is 12.6. The maximum atomic E-state index is 12.9. The van der Waals surface area contributed by atoms with E-state index in [0.717, 1.165) is 33.8 Å². The number of sulfonamides is 1. The van der Waals surface area contributed by atoms with Crippen LogP contribution in [0.25, 0.3) is 0 Å². The molecule has 2 aromatic rings. The molecule has 31 heavy (non-hydrogen) atoms. The summed E-state index contributed by atoms with van der Waals surface area (Å²) in [7, 11) is -2.33. The number of aryl methyl sites for hydroxylation is 2. The van der Waals surface area contributed by atoms with Gasteiger partial charge in [0.1, 0.15) is 0 Å². The highest BCUT2D eigenvalue weighted by Crippen LogP contribution is 2.35. The molecule has 1 fully saturated rings. The van der Waals surface area contributed by atoms with Crippen molar-refractivity contribution < 1.29 is 17.9 Å². The van der Waals surface area contributed by atoms with Crippen molar-refractivity contribution >= 4 is 27.5 Å². The van der Waals surface area contributed by atoms with Crippen LogP contribution in [0.2, 0.25) is 5.02 Å². The summed E-state index contributed by atoms with van der Waals surface area (Å²) in [5.74, 6) is -0.338. The lowest BCUT2D eigenvalue weighted by Gasteiger charge is -2.38. The molecule has 0 unspecified atom stereocenters. The fourth-order valence-electron chi connectivity index (χ4n) is 3.80. The van der Waals surface area contributed by atoms with Crippen molar-refractivity contribution in [3.63, 3.8) is 0 Å². The Labute approximate surface area is 189 Å². The zero-order valence-electron chi connectivity index (χ0n) is 18.2. The van der Waals surface area contributed by atoms with Gasteiger partial charge in [-0.3, -0.25) is 4.79 Å². The Balaban J connectivity index is 1.68. The summed E-state index contributed by atoms with van der Waals surface area (Å²) in [6.07, 6.45) is 1.54.